The molecule has 0 spiro atoms. The van der Waals surface area contributed by atoms with Crippen molar-refractivity contribution in [1.29, 1.82) is 0 Å². The number of halogens is 3. The van der Waals surface area contributed by atoms with Gasteiger partial charge >= 0.3 is 0 Å². The number of nitrogens with two attached hydrogens (primary N) is 1. The number of ether oxygens (including phenoxy) is 1. The molecule has 0 saturated heterocycles. The summed E-state index contributed by atoms with van der Waals surface area (Å²) in [6, 6.07) is 8.85. The molecule has 110 valence electrons. The van der Waals surface area contributed by atoms with Crippen molar-refractivity contribution in [3.05, 3.63) is 61.8 Å². The third kappa shape index (κ3) is 3.00. The van der Waals surface area contributed by atoms with Gasteiger partial charge in [-0.15, -0.1) is 0 Å². The molecule has 2 aromatic rings. The van der Waals surface area contributed by atoms with Gasteiger partial charge in [0.15, 0.2) is 0 Å². The third-order valence-corrected chi connectivity index (χ3v) is 4.72. The second kappa shape index (κ2) is 6.07. The van der Waals surface area contributed by atoms with Crippen molar-refractivity contribution in [2.24, 2.45) is 5.73 Å². The minimum atomic E-state index is -0.412. The lowest BCUT2D eigenvalue weighted by atomic mass is 9.97. The van der Waals surface area contributed by atoms with E-state index in [1.54, 1.807) is 18.2 Å². The topological polar surface area (TPSA) is 35.2 Å². The standard InChI is InChI=1S/C16H14Br2FNO/c17-11-6-9-4-5-21-16(9)10(7-11)8-14(20)12-2-1-3-13(18)15(12)19/h1-3,6-7,14H,4-5,8,20H2. The highest BCUT2D eigenvalue weighted by molar-refractivity contribution is 9.10. The molecule has 1 aliphatic heterocycles. The van der Waals surface area contributed by atoms with Crippen LogP contribution in [0.2, 0.25) is 0 Å². The molecular formula is C16H14Br2FNO. The Kier molecular flexibility index (Phi) is 4.33. The van der Waals surface area contributed by atoms with E-state index >= 15 is 0 Å². The van der Waals surface area contributed by atoms with E-state index in [1.165, 1.54) is 5.56 Å². The molecule has 0 radical (unpaired) electrons. The Balaban J connectivity index is 1.92. The van der Waals surface area contributed by atoms with Crippen LogP contribution in [0.15, 0.2) is 39.3 Å². The van der Waals surface area contributed by atoms with Crippen molar-refractivity contribution >= 4 is 31.9 Å². The van der Waals surface area contributed by atoms with Crippen molar-refractivity contribution < 1.29 is 9.13 Å². The first-order valence-electron chi connectivity index (χ1n) is 6.70. The SMILES string of the molecule is NC(Cc1cc(Br)cc2c1OCC2)c1cccc(Br)c1F. The van der Waals surface area contributed by atoms with Gasteiger partial charge in [0.2, 0.25) is 0 Å². The number of hydrogen-bond donors (Lipinski definition) is 1. The lowest BCUT2D eigenvalue weighted by Gasteiger charge is -2.16. The van der Waals surface area contributed by atoms with Gasteiger partial charge in [-0.1, -0.05) is 28.1 Å². The Labute approximate surface area is 139 Å². The summed E-state index contributed by atoms with van der Waals surface area (Å²) in [6.45, 7) is 0.694. The fourth-order valence-electron chi connectivity index (χ4n) is 2.65. The van der Waals surface area contributed by atoms with Gasteiger partial charge in [0.1, 0.15) is 11.6 Å². The van der Waals surface area contributed by atoms with Crippen LogP contribution >= 0.6 is 31.9 Å². The van der Waals surface area contributed by atoms with Gasteiger partial charge in [-0.3, -0.25) is 0 Å². The summed E-state index contributed by atoms with van der Waals surface area (Å²) in [6.07, 6.45) is 1.44. The minimum Gasteiger partial charge on any atom is -0.493 e. The van der Waals surface area contributed by atoms with Gasteiger partial charge < -0.3 is 10.5 Å². The summed E-state index contributed by atoms with van der Waals surface area (Å²) in [5.74, 6) is 0.613. The molecule has 0 aromatic heterocycles. The number of hydrogen-bond acceptors (Lipinski definition) is 2. The van der Waals surface area contributed by atoms with E-state index in [-0.39, 0.29) is 5.82 Å². The fourth-order valence-corrected chi connectivity index (χ4v) is 3.59. The average molecular weight is 415 g/mol. The van der Waals surface area contributed by atoms with E-state index in [9.17, 15) is 4.39 Å². The Morgan fingerprint density at radius 2 is 2.10 bits per heavy atom. The zero-order valence-corrected chi connectivity index (χ0v) is 14.4. The van der Waals surface area contributed by atoms with Gasteiger partial charge in [0, 0.05) is 22.5 Å². The molecule has 0 saturated carbocycles. The van der Waals surface area contributed by atoms with Crippen LogP contribution in [-0.2, 0) is 12.8 Å². The minimum absolute atomic E-state index is 0.294. The van der Waals surface area contributed by atoms with E-state index < -0.39 is 6.04 Å². The molecule has 1 atom stereocenters. The molecule has 0 fully saturated rings. The van der Waals surface area contributed by atoms with E-state index in [1.807, 2.05) is 6.07 Å². The highest BCUT2D eigenvalue weighted by Gasteiger charge is 2.21. The maximum Gasteiger partial charge on any atom is 0.142 e. The smallest absolute Gasteiger partial charge is 0.142 e. The summed E-state index contributed by atoms with van der Waals surface area (Å²) in [7, 11) is 0. The fraction of sp³-hybridized carbons (Fsp3) is 0.250. The van der Waals surface area contributed by atoms with Crippen molar-refractivity contribution in [1.82, 2.24) is 0 Å². The van der Waals surface area contributed by atoms with Gasteiger partial charge in [0.05, 0.1) is 11.1 Å². The maximum atomic E-state index is 14.1. The summed E-state index contributed by atoms with van der Waals surface area (Å²) in [4.78, 5) is 0. The number of fused-ring (bicyclic) bond motifs is 1. The first-order valence-corrected chi connectivity index (χ1v) is 8.28. The molecule has 21 heavy (non-hydrogen) atoms. The monoisotopic (exact) mass is 413 g/mol. The Hall–Kier alpha value is -0.910. The van der Waals surface area contributed by atoms with E-state index in [0.29, 0.717) is 23.1 Å². The second-order valence-corrected chi connectivity index (χ2v) is 6.88. The van der Waals surface area contributed by atoms with Crippen molar-refractivity contribution in [3.8, 4) is 5.75 Å². The van der Waals surface area contributed by atoms with Crippen molar-refractivity contribution in [3.63, 3.8) is 0 Å². The van der Waals surface area contributed by atoms with Crippen molar-refractivity contribution in [2.45, 2.75) is 18.9 Å². The Morgan fingerprint density at radius 1 is 1.29 bits per heavy atom. The largest absolute Gasteiger partial charge is 0.493 e. The van der Waals surface area contributed by atoms with Crippen LogP contribution in [0.25, 0.3) is 0 Å². The molecule has 0 bridgehead atoms. The average Bonchev–Trinajstić information content (AvgIpc) is 2.90. The van der Waals surface area contributed by atoms with Crippen LogP contribution in [0.5, 0.6) is 5.75 Å². The highest BCUT2D eigenvalue weighted by Crippen LogP contribution is 2.35. The van der Waals surface area contributed by atoms with Gasteiger partial charge in [0.25, 0.3) is 0 Å². The Bertz CT molecular complexity index is 690. The molecule has 5 heteroatoms. The summed E-state index contributed by atoms with van der Waals surface area (Å²) < 4.78 is 21.3. The first kappa shape index (κ1) is 15.0. The highest BCUT2D eigenvalue weighted by atomic mass is 79.9. The summed E-state index contributed by atoms with van der Waals surface area (Å²) >= 11 is 6.71. The predicted molar refractivity (Wildman–Crippen MR) is 88.1 cm³/mol. The zero-order valence-electron chi connectivity index (χ0n) is 11.2. The van der Waals surface area contributed by atoms with Crippen LogP contribution in [0.4, 0.5) is 4.39 Å². The quantitative estimate of drug-likeness (QED) is 0.800. The van der Waals surface area contributed by atoms with Crippen LogP contribution in [0.3, 0.4) is 0 Å². The lowest BCUT2D eigenvalue weighted by Crippen LogP contribution is -2.15. The zero-order chi connectivity index (χ0) is 15.0. The molecule has 0 amide bonds. The van der Waals surface area contributed by atoms with E-state index in [0.717, 1.165) is 22.2 Å². The van der Waals surface area contributed by atoms with Crippen LogP contribution in [0.1, 0.15) is 22.7 Å². The molecule has 2 nitrogen and oxygen atoms in total. The summed E-state index contributed by atoms with van der Waals surface area (Å²) in [5.41, 5.74) is 8.92. The second-order valence-electron chi connectivity index (χ2n) is 5.11. The van der Waals surface area contributed by atoms with E-state index in [2.05, 4.69) is 37.9 Å². The first-order chi connectivity index (χ1) is 10.1. The van der Waals surface area contributed by atoms with E-state index in [4.69, 9.17) is 10.5 Å². The number of rotatable bonds is 3. The molecule has 3 rings (SSSR count). The third-order valence-electron chi connectivity index (χ3n) is 3.65. The molecule has 1 heterocycles. The predicted octanol–water partition coefficient (Wildman–Crippen LogP) is 4.53. The van der Waals surface area contributed by atoms with Crippen LogP contribution in [0, 0.1) is 5.82 Å². The molecule has 2 N–H and O–H groups in total. The normalized spacial score (nSPS) is 14.7. The van der Waals surface area contributed by atoms with Crippen LogP contribution in [-0.4, -0.2) is 6.61 Å². The Morgan fingerprint density at radius 3 is 2.90 bits per heavy atom. The van der Waals surface area contributed by atoms with Gasteiger partial charge in [-0.25, -0.2) is 4.39 Å². The van der Waals surface area contributed by atoms with Gasteiger partial charge in [-0.2, -0.15) is 0 Å². The molecular weight excluding hydrogens is 401 g/mol. The summed E-state index contributed by atoms with van der Waals surface area (Å²) in [5, 5.41) is 0. The lowest BCUT2D eigenvalue weighted by molar-refractivity contribution is 0.352. The molecule has 0 aliphatic carbocycles. The number of benzene rings is 2. The van der Waals surface area contributed by atoms with Gasteiger partial charge in [-0.05, 0) is 51.7 Å². The molecule has 2 aromatic carbocycles. The van der Waals surface area contributed by atoms with Crippen molar-refractivity contribution in [2.75, 3.05) is 6.61 Å². The molecule has 1 unspecified atom stereocenters. The maximum absolute atomic E-state index is 14.1. The van der Waals surface area contributed by atoms with Crippen LogP contribution < -0.4 is 10.5 Å². The molecule has 1 aliphatic rings.